The van der Waals surface area contributed by atoms with Gasteiger partial charge in [-0.3, -0.25) is 4.79 Å². The van der Waals surface area contributed by atoms with Crippen LogP contribution in [0.5, 0.6) is 5.75 Å². The number of primary amides is 1. The van der Waals surface area contributed by atoms with Crippen LogP contribution in [0.25, 0.3) is 0 Å². The van der Waals surface area contributed by atoms with Crippen molar-refractivity contribution in [3.63, 3.8) is 0 Å². The number of rotatable bonds is 3. The van der Waals surface area contributed by atoms with Gasteiger partial charge in [0, 0.05) is 5.56 Å². The van der Waals surface area contributed by atoms with E-state index in [1.807, 2.05) is 0 Å². The molecule has 0 bridgehead atoms. The molecule has 0 unspecified atom stereocenters. The highest BCUT2D eigenvalue weighted by molar-refractivity contribution is 5.94. The third-order valence-corrected chi connectivity index (χ3v) is 3.59. The first-order chi connectivity index (χ1) is 8.16. The molecule has 0 spiro atoms. The molecular formula is C14H19NO2. The molecule has 3 N–H and O–H groups in total. The summed E-state index contributed by atoms with van der Waals surface area (Å²) in [7, 11) is 0. The molecule has 1 aliphatic rings. The molecule has 17 heavy (non-hydrogen) atoms. The van der Waals surface area contributed by atoms with Crippen molar-refractivity contribution < 1.29 is 9.90 Å². The number of carbonyl (C=O) groups excluding carboxylic acids is 1. The van der Waals surface area contributed by atoms with Crippen molar-refractivity contribution in [1.82, 2.24) is 0 Å². The number of nitrogens with two attached hydrogens (primary N) is 1. The summed E-state index contributed by atoms with van der Waals surface area (Å²) in [6, 6.07) is 4.81. The van der Waals surface area contributed by atoms with Crippen molar-refractivity contribution in [3.05, 3.63) is 29.3 Å². The molecule has 0 aromatic heterocycles. The van der Waals surface area contributed by atoms with Gasteiger partial charge in [-0.05, 0) is 36.1 Å². The van der Waals surface area contributed by atoms with Crippen LogP contribution in [0.1, 0.15) is 48.0 Å². The molecule has 1 aliphatic carbocycles. The van der Waals surface area contributed by atoms with E-state index >= 15 is 0 Å². The van der Waals surface area contributed by atoms with Crippen molar-refractivity contribution in [1.29, 1.82) is 0 Å². The number of hydrogen-bond donors (Lipinski definition) is 2. The topological polar surface area (TPSA) is 63.3 Å². The van der Waals surface area contributed by atoms with Crippen molar-refractivity contribution in [3.8, 4) is 5.75 Å². The molecular weight excluding hydrogens is 214 g/mol. The molecule has 0 heterocycles. The molecule has 92 valence electrons. The van der Waals surface area contributed by atoms with Gasteiger partial charge in [-0.1, -0.05) is 32.1 Å². The summed E-state index contributed by atoms with van der Waals surface area (Å²) in [5.74, 6) is 0.431. The average Bonchev–Trinajstić information content (AvgIpc) is 2.30. The Labute approximate surface area is 102 Å². The van der Waals surface area contributed by atoms with Crippen LogP contribution in [0.3, 0.4) is 0 Å². The van der Waals surface area contributed by atoms with Gasteiger partial charge in [0.1, 0.15) is 5.75 Å². The molecule has 0 saturated heterocycles. The second-order valence-electron chi connectivity index (χ2n) is 4.91. The van der Waals surface area contributed by atoms with Crippen LogP contribution < -0.4 is 5.73 Å². The molecule has 3 heteroatoms. The maximum Gasteiger partial charge on any atom is 0.248 e. The SMILES string of the molecule is NC(=O)c1ccc(O)cc1CC1CCCCC1. The minimum Gasteiger partial charge on any atom is -0.508 e. The van der Waals surface area contributed by atoms with Crippen molar-refractivity contribution >= 4 is 5.91 Å². The first-order valence-electron chi connectivity index (χ1n) is 6.28. The zero-order valence-corrected chi connectivity index (χ0v) is 9.98. The normalized spacial score (nSPS) is 16.9. The summed E-state index contributed by atoms with van der Waals surface area (Å²) in [6.07, 6.45) is 7.15. The largest absolute Gasteiger partial charge is 0.508 e. The van der Waals surface area contributed by atoms with Gasteiger partial charge >= 0.3 is 0 Å². The number of phenols is 1. The fraction of sp³-hybridized carbons (Fsp3) is 0.500. The summed E-state index contributed by atoms with van der Waals surface area (Å²) >= 11 is 0. The van der Waals surface area contributed by atoms with Gasteiger partial charge in [0.2, 0.25) is 5.91 Å². The maximum atomic E-state index is 11.3. The highest BCUT2D eigenvalue weighted by Gasteiger charge is 2.17. The van der Waals surface area contributed by atoms with Crippen molar-refractivity contribution in [2.75, 3.05) is 0 Å². The number of aromatic hydroxyl groups is 1. The standard InChI is InChI=1S/C14H19NO2/c15-14(17)13-7-6-12(16)9-11(13)8-10-4-2-1-3-5-10/h6-7,9-10,16H,1-5,8H2,(H2,15,17). The minimum atomic E-state index is -0.407. The van der Waals surface area contributed by atoms with E-state index in [1.165, 1.54) is 38.2 Å². The van der Waals surface area contributed by atoms with E-state index in [1.54, 1.807) is 12.1 Å². The lowest BCUT2D eigenvalue weighted by molar-refractivity contribution is 0.0999. The molecule has 3 nitrogen and oxygen atoms in total. The Bertz CT molecular complexity index is 409. The average molecular weight is 233 g/mol. The molecule has 1 aromatic carbocycles. The predicted octanol–water partition coefficient (Wildman–Crippen LogP) is 2.61. The molecule has 0 radical (unpaired) electrons. The minimum absolute atomic E-state index is 0.209. The fourth-order valence-corrected chi connectivity index (χ4v) is 2.69. The van der Waals surface area contributed by atoms with E-state index in [0.717, 1.165) is 12.0 Å². The Morgan fingerprint density at radius 1 is 1.29 bits per heavy atom. The van der Waals surface area contributed by atoms with Gasteiger partial charge in [0.15, 0.2) is 0 Å². The van der Waals surface area contributed by atoms with Crippen LogP contribution >= 0.6 is 0 Å². The zero-order chi connectivity index (χ0) is 12.3. The lowest BCUT2D eigenvalue weighted by atomic mass is 9.84. The Hall–Kier alpha value is -1.51. The molecule has 1 fully saturated rings. The first-order valence-corrected chi connectivity index (χ1v) is 6.28. The smallest absolute Gasteiger partial charge is 0.248 e. The van der Waals surface area contributed by atoms with Gasteiger partial charge in [-0.15, -0.1) is 0 Å². The van der Waals surface area contributed by atoms with E-state index in [0.29, 0.717) is 11.5 Å². The molecule has 0 atom stereocenters. The van der Waals surface area contributed by atoms with E-state index in [4.69, 9.17) is 5.73 Å². The van der Waals surface area contributed by atoms with E-state index in [-0.39, 0.29) is 5.75 Å². The van der Waals surface area contributed by atoms with Crippen LogP contribution in [0.15, 0.2) is 18.2 Å². The van der Waals surface area contributed by atoms with Crippen LogP contribution in [0.2, 0.25) is 0 Å². The summed E-state index contributed by atoms with van der Waals surface area (Å²) < 4.78 is 0. The van der Waals surface area contributed by atoms with Gasteiger partial charge < -0.3 is 10.8 Å². The van der Waals surface area contributed by atoms with Gasteiger partial charge in [0.25, 0.3) is 0 Å². The lowest BCUT2D eigenvalue weighted by Gasteiger charge is -2.22. The third-order valence-electron chi connectivity index (χ3n) is 3.59. The molecule has 2 rings (SSSR count). The van der Waals surface area contributed by atoms with E-state index < -0.39 is 5.91 Å². The number of hydrogen-bond acceptors (Lipinski definition) is 2. The Morgan fingerprint density at radius 3 is 2.65 bits per heavy atom. The first kappa shape index (κ1) is 12.0. The number of phenolic OH excluding ortho intramolecular Hbond substituents is 1. The maximum absolute atomic E-state index is 11.3. The second-order valence-corrected chi connectivity index (χ2v) is 4.91. The van der Waals surface area contributed by atoms with Crippen molar-refractivity contribution in [2.24, 2.45) is 11.7 Å². The second kappa shape index (κ2) is 5.21. The zero-order valence-electron chi connectivity index (χ0n) is 9.98. The molecule has 0 aliphatic heterocycles. The monoisotopic (exact) mass is 233 g/mol. The lowest BCUT2D eigenvalue weighted by Crippen LogP contribution is -2.16. The Kier molecular flexibility index (Phi) is 3.67. The third kappa shape index (κ3) is 2.99. The molecule has 1 amide bonds. The molecule has 1 saturated carbocycles. The summed E-state index contributed by atoms with van der Waals surface area (Å²) in [4.78, 5) is 11.3. The summed E-state index contributed by atoms with van der Waals surface area (Å²) in [5.41, 5.74) is 6.79. The highest BCUT2D eigenvalue weighted by Crippen LogP contribution is 2.29. The number of carbonyl (C=O) groups is 1. The predicted molar refractivity (Wildman–Crippen MR) is 66.9 cm³/mol. The van der Waals surface area contributed by atoms with Gasteiger partial charge in [-0.2, -0.15) is 0 Å². The Morgan fingerprint density at radius 2 is 2.00 bits per heavy atom. The fourth-order valence-electron chi connectivity index (χ4n) is 2.69. The summed E-state index contributed by atoms with van der Waals surface area (Å²) in [6.45, 7) is 0. The van der Waals surface area contributed by atoms with Crippen LogP contribution in [0.4, 0.5) is 0 Å². The molecule has 1 aromatic rings. The van der Waals surface area contributed by atoms with E-state index in [9.17, 15) is 9.90 Å². The van der Waals surface area contributed by atoms with E-state index in [2.05, 4.69) is 0 Å². The van der Waals surface area contributed by atoms with Crippen LogP contribution in [0, 0.1) is 5.92 Å². The van der Waals surface area contributed by atoms with Gasteiger partial charge in [0.05, 0.1) is 0 Å². The quantitative estimate of drug-likeness (QED) is 0.843. The van der Waals surface area contributed by atoms with Crippen molar-refractivity contribution in [2.45, 2.75) is 38.5 Å². The van der Waals surface area contributed by atoms with Crippen LogP contribution in [-0.4, -0.2) is 11.0 Å². The highest BCUT2D eigenvalue weighted by atomic mass is 16.3. The van der Waals surface area contributed by atoms with Gasteiger partial charge in [-0.25, -0.2) is 0 Å². The summed E-state index contributed by atoms with van der Waals surface area (Å²) in [5, 5.41) is 9.50. The van der Waals surface area contributed by atoms with Crippen LogP contribution in [-0.2, 0) is 6.42 Å². The Balaban J connectivity index is 2.17. The number of amides is 1. The number of benzene rings is 1.